The molecule has 1 rings (SSSR count). The third kappa shape index (κ3) is 7.25. The second-order valence-electron chi connectivity index (χ2n) is 4.95. The summed E-state index contributed by atoms with van der Waals surface area (Å²) in [5.41, 5.74) is 10.8. The molecule has 2 amide bonds. The maximum absolute atomic E-state index is 12.2. The summed E-state index contributed by atoms with van der Waals surface area (Å²) in [6.45, 7) is -0.226. The zero-order chi connectivity index (χ0) is 17.9. The zero-order valence-electron chi connectivity index (χ0n) is 13.1. The largest absolute Gasteiger partial charge is 0.480 e. The van der Waals surface area contributed by atoms with E-state index in [0.717, 1.165) is 0 Å². The van der Waals surface area contributed by atoms with Crippen molar-refractivity contribution in [1.82, 2.24) is 10.6 Å². The molecule has 1 aromatic carbocycles. The highest BCUT2D eigenvalue weighted by Gasteiger charge is 2.21. The van der Waals surface area contributed by atoms with Gasteiger partial charge in [0, 0.05) is 12.1 Å². The summed E-state index contributed by atoms with van der Waals surface area (Å²) >= 11 is 0. The number of carboxylic acids is 1. The number of hydrogen-bond donors (Lipinski definition) is 5. The molecule has 1 aromatic rings. The molecule has 0 saturated heterocycles. The summed E-state index contributed by atoms with van der Waals surface area (Å²) in [5.74, 6) is -2.23. The monoisotopic (exact) mass is 335 g/mol. The van der Waals surface area contributed by atoms with Crippen LogP contribution in [-0.2, 0) is 9.59 Å². The minimum Gasteiger partial charge on any atom is -0.480 e. The molecule has 0 aliphatic heterocycles. The van der Waals surface area contributed by atoms with E-state index in [9.17, 15) is 14.4 Å². The number of nitrogens with two attached hydrogens (primary N) is 2. The van der Waals surface area contributed by atoms with E-state index in [-0.39, 0.29) is 12.4 Å². The van der Waals surface area contributed by atoms with Gasteiger partial charge in [0.1, 0.15) is 12.6 Å². The first-order valence-electron chi connectivity index (χ1n) is 7.31. The number of hydrogen-bond acceptors (Lipinski definition) is 4. The van der Waals surface area contributed by atoms with Crippen LogP contribution in [-0.4, -0.2) is 48.0 Å². The van der Waals surface area contributed by atoms with Gasteiger partial charge >= 0.3 is 5.97 Å². The quantitative estimate of drug-likeness (QED) is 0.222. The van der Waals surface area contributed by atoms with Crippen molar-refractivity contribution >= 4 is 23.7 Å². The molecule has 0 spiro atoms. The van der Waals surface area contributed by atoms with Crippen LogP contribution in [0.5, 0.6) is 0 Å². The van der Waals surface area contributed by atoms with E-state index >= 15 is 0 Å². The predicted octanol–water partition coefficient (Wildman–Crippen LogP) is -0.961. The molecular weight excluding hydrogens is 314 g/mol. The van der Waals surface area contributed by atoms with E-state index in [4.69, 9.17) is 16.6 Å². The average Bonchev–Trinajstić information content (AvgIpc) is 2.55. The Balaban J connectivity index is 2.68. The molecule has 0 fully saturated rings. The number of carbonyl (C=O) groups excluding carboxylic acids is 2. The molecule has 9 heteroatoms. The lowest BCUT2D eigenvalue weighted by atomic mass is 10.1. The number of aliphatic imine (C=N–C) groups is 1. The van der Waals surface area contributed by atoms with Crippen molar-refractivity contribution in [3.05, 3.63) is 35.9 Å². The van der Waals surface area contributed by atoms with Gasteiger partial charge in [0.25, 0.3) is 5.91 Å². The van der Waals surface area contributed by atoms with Gasteiger partial charge in [0.15, 0.2) is 5.96 Å². The van der Waals surface area contributed by atoms with Gasteiger partial charge in [-0.15, -0.1) is 0 Å². The van der Waals surface area contributed by atoms with Crippen molar-refractivity contribution in [3.8, 4) is 0 Å². The fourth-order valence-corrected chi connectivity index (χ4v) is 1.89. The van der Waals surface area contributed by atoms with E-state index in [1.54, 1.807) is 30.3 Å². The molecule has 7 N–H and O–H groups in total. The van der Waals surface area contributed by atoms with E-state index < -0.39 is 30.4 Å². The Morgan fingerprint density at radius 3 is 2.42 bits per heavy atom. The van der Waals surface area contributed by atoms with Crippen LogP contribution in [0.15, 0.2) is 35.3 Å². The second kappa shape index (κ2) is 9.82. The van der Waals surface area contributed by atoms with E-state index in [2.05, 4.69) is 15.6 Å². The number of nitrogens with one attached hydrogen (secondary N) is 2. The van der Waals surface area contributed by atoms with Gasteiger partial charge in [0.2, 0.25) is 5.91 Å². The molecule has 0 saturated carbocycles. The SMILES string of the molecule is NC(N)=NCCC[C@H](NC(=O)c1ccccc1)C(=O)NCC(=O)O. The lowest BCUT2D eigenvalue weighted by Gasteiger charge is -2.17. The molecule has 0 aliphatic rings. The van der Waals surface area contributed by atoms with Crippen LogP contribution in [0.4, 0.5) is 0 Å². The smallest absolute Gasteiger partial charge is 0.322 e. The lowest BCUT2D eigenvalue weighted by molar-refractivity contribution is -0.138. The lowest BCUT2D eigenvalue weighted by Crippen LogP contribution is -2.48. The number of carboxylic acid groups (broad SMARTS) is 1. The van der Waals surface area contributed by atoms with Crippen LogP contribution in [0.3, 0.4) is 0 Å². The van der Waals surface area contributed by atoms with Gasteiger partial charge in [0.05, 0.1) is 0 Å². The summed E-state index contributed by atoms with van der Waals surface area (Å²) in [6.07, 6.45) is 0.707. The van der Waals surface area contributed by atoms with Gasteiger partial charge in [-0.1, -0.05) is 18.2 Å². The number of nitrogens with zero attached hydrogens (tertiary/aromatic N) is 1. The van der Waals surface area contributed by atoms with Crippen molar-refractivity contribution < 1.29 is 19.5 Å². The summed E-state index contributed by atoms with van der Waals surface area (Å²) in [5, 5.41) is 13.5. The summed E-state index contributed by atoms with van der Waals surface area (Å²) in [6, 6.07) is 7.51. The summed E-state index contributed by atoms with van der Waals surface area (Å²) in [7, 11) is 0. The molecule has 0 aromatic heterocycles. The molecule has 0 unspecified atom stereocenters. The normalized spacial score (nSPS) is 11.2. The Morgan fingerprint density at radius 1 is 1.17 bits per heavy atom. The summed E-state index contributed by atoms with van der Waals surface area (Å²) in [4.78, 5) is 38.6. The third-order valence-electron chi connectivity index (χ3n) is 3.02. The number of guanidine groups is 1. The molecule has 130 valence electrons. The first-order chi connectivity index (χ1) is 11.4. The molecule has 0 aliphatic carbocycles. The Labute approximate surface area is 139 Å². The number of benzene rings is 1. The number of rotatable bonds is 9. The van der Waals surface area contributed by atoms with Crippen molar-refractivity contribution in [3.63, 3.8) is 0 Å². The van der Waals surface area contributed by atoms with Crippen LogP contribution in [0.25, 0.3) is 0 Å². The average molecular weight is 335 g/mol. The highest BCUT2D eigenvalue weighted by atomic mass is 16.4. The summed E-state index contributed by atoms with van der Waals surface area (Å²) < 4.78 is 0. The van der Waals surface area contributed by atoms with Crippen LogP contribution in [0.1, 0.15) is 23.2 Å². The number of amides is 2. The Bertz CT molecular complexity index is 599. The first kappa shape index (κ1) is 18.9. The van der Waals surface area contributed by atoms with E-state index in [1.165, 1.54) is 0 Å². The predicted molar refractivity (Wildman–Crippen MR) is 88.3 cm³/mol. The number of aliphatic carboxylic acids is 1. The van der Waals surface area contributed by atoms with Gasteiger partial charge < -0.3 is 27.2 Å². The zero-order valence-corrected chi connectivity index (χ0v) is 13.1. The molecule has 0 bridgehead atoms. The molecular formula is C15H21N5O4. The third-order valence-corrected chi connectivity index (χ3v) is 3.02. The van der Waals surface area contributed by atoms with Crippen LogP contribution in [0.2, 0.25) is 0 Å². The van der Waals surface area contributed by atoms with Crippen molar-refractivity contribution in [2.75, 3.05) is 13.1 Å². The molecule has 9 nitrogen and oxygen atoms in total. The van der Waals surface area contributed by atoms with E-state index in [1.807, 2.05) is 0 Å². The van der Waals surface area contributed by atoms with Crippen LogP contribution in [0, 0.1) is 0 Å². The highest BCUT2D eigenvalue weighted by molar-refractivity contribution is 5.97. The molecule has 1 atom stereocenters. The fourth-order valence-electron chi connectivity index (χ4n) is 1.89. The number of carbonyl (C=O) groups is 3. The van der Waals surface area contributed by atoms with Crippen LogP contribution >= 0.6 is 0 Å². The fraction of sp³-hybridized carbons (Fsp3) is 0.333. The maximum atomic E-state index is 12.2. The second-order valence-corrected chi connectivity index (χ2v) is 4.95. The Morgan fingerprint density at radius 2 is 1.83 bits per heavy atom. The van der Waals surface area contributed by atoms with Gasteiger partial charge in [-0.05, 0) is 25.0 Å². The van der Waals surface area contributed by atoms with Crippen molar-refractivity contribution in [2.45, 2.75) is 18.9 Å². The Hall–Kier alpha value is -3.10. The standard InChI is InChI=1S/C15H21N5O4/c16-15(17)18-8-4-7-11(14(24)19-9-12(21)22)20-13(23)10-5-2-1-3-6-10/h1-3,5-6,11H,4,7-9H2,(H,19,24)(H,20,23)(H,21,22)(H4,16,17,18)/t11-/m0/s1. The van der Waals surface area contributed by atoms with Gasteiger partial charge in [-0.25, -0.2) is 0 Å². The van der Waals surface area contributed by atoms with E-state index in [0.29, 0.717) is 18.5 Å². The van der Waals surface area contributed by atoms with Gasteiger partial charge in [-0.2, -0.15) is 0 Å². The minimum atomic E-state index is -1.17. The highest BCUT2D eigenvalue weighted by Crippen LogP contribution is 2.03. The maximum Gasteiger partial charge on any atom is 0.322 e. The Kier molecular flexibility index (Phi) is 7.76. The van der Waals surface area contributed by atoms with Crippen molar-refractivity contribution in [2.24, 2.45) is 16.5 Å². The van der Waals surface area contributed by atoms with Gasteiger partial charge in [-0.3, -0.25) is 19.4 Å². The topological polar surface area (TPSA) is 160 Å². The minimum absolute atomic E-state index is 0.0600. The molecule has 24 heavy (non-hydrogen) atoms. The van der Waals surface area contributed by atoms with Crippen molar-refractivity contribution in [1.29, 1.82) is 0 Å². The molecule has 0 radical (unpaired) electrons. The first-order valence-corrected chi connectivity index (χ1v) is 7.31. The molecule has 0 heterocycles. The van der Waals surface area contributed by atoms with Crippen LogP contribution < -0.4 is 22.1 Å².